The van der Waals surface area contributed by atoms with Crippen LogP contribution >= 0.6 is 27.7 Å². The van der Waals surface area contributed by atoms with Gasteiger partial charge in [0.15, 0.2) is 0 Å². The van der Waals surface area contributed by atoms with Crippen molar-refractivity contribution in [1.29, 1.82) is 5.26 Å². The maximum absolute atomic E-state index is 12.9. The minimum atomic E-state index is -4.50. The number of nitriles is 1. The van der Waals surface area contributed by atoms with Crippen LogP contribution in [0.15, 0.2) is 21.5 Å². The highest BCUT2D eigenvalue weighted by Crippen LogP contribution is 2.40. The fraction of sp³-hybridized carbons (Fsp3) is 0.125. The van der Waals surface area contributed by atoms with Crippen LogP contribution in [-0.4, -0.2) is 5.51 Å². The van der Waals surface area contributed by atoms with Gasteiger partial charge in [-0.1, -0.05) is 0 Å². The molecule has 0 saturated carbocycles. The number of alkyl halides is 3. The van der Waals surface area contributed by atoms with Gasteiger partial charge in [-0.25, -0.2) is 4.39 Å². The quantitative estimate of drug-likeness (QED) is 0.576. The molecule has 0 aliphatic heterocycles. The molecule has 0 aliphatic carbocycles. The first kappa shape index (κ1) is 12.3. The van der Waals surface area contributed by atoms with Crippen LogP contribution in [0.2, 0.25) is 0 Å². The first-order valence-corrected chi connectivity index (χ1v) is 5.10. The van der Waals surface area contributed by atoms with Gasteiger partial charge in [-0.3, -0.25) is 0 Å². The molecule has 1 aromatic rings. The molecule has 1 rings (SSSR count). The number of benzene rings is 1. The van der Waals surface area contributed by atoms with Crippen molar-refractivity contribution >= 4 is 27.7 Å². The van der Waals surface area contributed by atoms with E-state index in [0.717, 1.165) is 12.1 Å². The summed E-state index contributed by atoms with van der Waals surface area (Å²) >= 11 is 2.28. The standard InChI is InChI=1S/C8H2BrF4NS/c9-7-4(3-14)6(2-1-5(7)10)15-8(11,12)13/h1-2H. The fourth-order valence-electron chi connectivity index (χ4n) is 0.847. The molecule has 1 nitrogen and oxygen atoms in total. The van der Waals surface area contributed by atoms with E-state index in [2.05, 4.69) is 15.9 Å². The number of hydrogen-bond acceptors (Lipinski definition) is 2. The lowest BCUT2D eigenvalue weighted by atomic mass is 10.2. The molecule has 0 N–H and O–H groups in total. The fourth-order valence-corrected chi connectivity index (χ4v) is 2.05. The lowest BCUT2D eigenvalue weighted by Crippen LogP contribution is -2.01. The topological polar surface area (TPSA) is 23.8 Å². The Hall–Kier alpha value is -0.740. The molecule has 1 aromatic carbocycles. The Morgan fingerprint density at radius 3 is 2.40 bits per heavy atom. The molecule has 0 heterocycles. The van der Waals surface area contributed by atoms with E-state index in [0.29, 0.717) is 0 Å². The van der Waals surface area contributed by atoms with Gasteiger partial charge in [-0.15, -0.1) is 0 Å². The van der Waals surface area contributed by atoms with Crippen molar-refractivity contribution in [3.05, 3.63) is 28.0 Å². The molecule has 0 bridgehead atoms. The predicted molar refractivity (Wildman–Crippen MR) is 50.7 cm³/mol. The van der Waals surface area contributed by atoms with Gasteiger partial charge in [0.1, 0.15) is 11.9 Å². The summed E-state index contributed by atoms with van der Waals surface area (Å²) in [5.41, 5.74) is -4.85. The molecule has 7 heteroatoms. The van der Waals surface area contributed by atoms with Gasteiger partial charge >= 0.3 is 5.51 Å². The summed E-state index contributed by atoms with van der Waals surface area (Å²) < 4.78 is 48.7. The highest BCUT2D eigenvalue weighted by molar-refractivity contribution is 9.10. The van der Waals surface area contributed by atoms with E-state index in [9.17, 15) is 17.6 Å². The lowest BCUT2D eigenvalue weighted by Gasteiger charge is -2.08. The third-order valence-electron chi connectivity index (χ3n) is 1.39. The van der Waals surface area contributed by atoms with E-state index in [1.165, 1.54) is 6.07 Å². The van der Waals surface area contributed by atoms with Crippen LogP contribution in [0.3, 0.4) is 0 Å². The van der Waals surface area contributed by atoms with Gasteiger partial charge in [-0.2, -0.15) is 18.4 Å². The van der Waals surface area contributed by atoms with Crippen LogP contribution in [0.1, 0.15) is 5.56 Å². The monoisotopic (exact) mass is 299 g/mol. The summed E-state index contributed by atoms with van der Waals surface area (Å²) in [4.78, 5) is -0.321. The van der Waals surface area contributed by atoms with Gasteiger partial charge in [0, 0.05) is 4.90 Å². The smallest absolute Gasteiger partial charge is 0.206 e. The average Bonchev–Trinajstić information content (AvgIpc) is 2.10. The van der Waals surface area contributed by atoms with Crippen LogP contribution in [0.25, 0.3) is 0 Å². The van der Waals surface area contributed by atoms with Gasteiger partial charge in [0.2, 0.25) is 0 Å². The predicted octanol–water partition coefficient (Wildman–Crippen LogP) is 4.07. The Bertz CT molecular complexity index is 424. The summed E-state index contributed by atoms with van der Waals surface area (Å²) in [6.45, 7) is 0. The summed E-state index contributed by atoms with van der Waals surface area (Å²) in [6.07, 6.45) is 0. The Morgan fingerprint density at radius 2 is 1.93 bits per heavy atom. The highest BCUT2D eigenvalue weighted by atomic mass is 79.9. The van der Waals surface area contributed by atoms with Crippen molar-refractivity contribution in [2.75, 3.05) is 0 Å². The second-order valence-corrected chi connectivity index (χ2v) is 4.29. The molecule has 0 radical (unpaired) electrons. The van der Waals surface area contributed by atoms with Crippen molar-refractivity contribution in [3.63, 3.8) is 0 Å². The summed E-state index contributed by atoms with van der Waals surface area (Å²) in [6, 6.07) is 3.32. The summed E-state index contributed by atoms with van der Waals surface area (Å²) in [5, 5.41) is 8.59. The normalized spacial score (nSPS) is 11.2. The maximum Gasteiger partial charge on any atom is 0.446 e. The van der Waals surface area contributed by atoms with Crippen LogP contribution < -0.4 is 0 Å². The Balaban J connectivity index is 3.21. The molecular formula is C8H2BrF4NS. The molecule has 0 fully saturated rings. The van der Waals surface area contributed by atoms with E-state index < -0.39 is 23.1 Å². The third-order valence-corrected chi connectivity index (χ3v) is 2.96. The van der Waals surface area contributed by atoms with E-state index in [4.69, 9.17) is 5.26 Å². The molecular weight excluding hydrogens is 298 g/mol. The Kier molecular flexibility index (Phi) is 3.62. The molecule has 15 heavy (non-hydrogen) atoms. The van der Waals surface area contributed by atoms with Gasteiger partial charge in [0.25, 0.3) is 0 Å². The molecule has 0 unspecified atom stereocenters. The number of thioether (sulfide) groups is 1. The molecule has 0 amide bonds. The van der Waals surface area contributed by atoms with Crippen LogP contribution in [0, 0.1) is 17.1 Å². The minimum absolute atomic E-state index is 0.251. The van der Waals surface area contributed by atoms with Gasteiger partial charge in [-0.05, 0) is 39.8 Å². The third kappa shape index (κ3) is 3.11. The van der Waals surface area contributed by atoms with Crippen molar-refractivity contribution in [2.24, 2.45) is 0 Å². The van der Waals surface area contributed by atoms with Gasteiger partial charge in [0.05, 0.1) is 10.0 Å². The lowest BCUT2D eigenvalue weighted by molar-refractivity contribution is -0.0328. The van der Waals surface area contributed by atoms with Crippen molar-refractivity contribution in [2.45, 2.75) is 10.4 Å². The molecule has 0 spiro atoms. The van der Waals surface area contributed by atoms with Crippen LogP contribution in [0.5, 0.6) is 0 Å². The molecule has 0 aliphatic rings. The van der Waals surface area contributed by atoms with Crippen molar-refractivity contribution < 1.29 is 17.6 Å². The number of rotatable bonds is 1. The number of halogens is 5. The number of nitrogens with zero attached hydrogens (tertiary/aromatic N) is 1. The summed E-state index contributed by atoms with van der Waals surface area (Å²) in [7, 11) is 0. The van der Waals surface area contributed by atoms with Crippen molar-refractivity contribution in [1.82, 2.24) is 0 Å². The second-order valence-electron chi connectivity index (χ2n) is 2.39. The molecule has 0 aromatic heterocycles. The van der Waals surface area contributed by atoms with Crippen molar-refractivity contribution in [3.8, 4) is 6.07 Å². The van der Waals surface area contributed by atoms with Gasteiger partial charge < -0.3 is 0 Å². The second kappa shape index (κ2) is 4.41. The zero-order valence-electron chi connectivity index (χ0n) is 6.90. The largest absolute Gasteiger partial charge is 0.446 e. The average molecular weight is 300 g/mol. The molecule has 0 atom stereocenters. The number of hydrogen-bond donors (Lipinski definition) is 0. The summed E-state index contributed by atoms with van der Waals surface area (Å²) in [5.74, 6) is -0.766. The van der Waals surface area contributed by atoms with Crippen LogP contribution in [0.4, 0.5) is 17.6 Å². The Morgan fingerprint density at radius 1 is 1.33 bits per heavy atom. The van der Waals surface area contributed by atoms with E-state index in [1.54, 1.807) is 0 Å². The van der Waals surface area contributed by atoms with E-state index in [1.807, 2.05) is 0 Å². The zero-order valence-corrected chi connectivity index (χ0v) is 9.30. The Labute approximate surface area is 95.2 Å². The first-order valence-electron chi connectivity index (χ1n) is 3.49. The molecule has 80 valence electrons. The zero-order chi connectivity index (χ0) is 11.6. The highest BCUT2D eigenvalue weighted by Gasteiger charge is 2.31. The molecule has 0 saturated heterocycles. The SMILES string of the molecule is N#Cc1c(SC(F)(F)F)ccc(F)c1Br. The maximum atomic E-state index is 12.9. The van der Waals surface area contributed by atoms with Crippen LogP contribution in [-0.2, 0) is 0 Å². The minimum Gasteiger partial charge on any atom is -0.206 e. The van der Waals surface area contributed by atoms with E-state index in [-0.39, 0.29) is 14.9 Å². The van der Waals surface area contributed by atoms with E-state index >= 15 is 0 Å². The first-order chi connectivity index (χ1) is 6.85.